The van der Waals surface area contributed by atoms with Gasteiger partial charge in [-0.1, -0.05) is 22.9 Å². The first kappa shape index (κ1) is 16.8. The van der Waals surface area contributed by atoms with Crippen molar-refractivity contribution in [2.24, 2.45) is 5.92 Å². The summed E-state index contributed by atoms with van der Waals surface area (Å²) in [6.07, 6.45) is 3.91. The number of carbonyl (C=O) groups excluding carboxylic acids is 1. The molecule has 3 fully saturated rings. The number of thiazole rings is 1. The fraction of sp³-hybridized carbons (Fsp3) is 0.444. The number of aromatic nitrogens is 1. The van der Waals surface area contributed by atoms with E-state index in [9.17, 15) is 4.79 Å². The summed E-state index contributed by atoms with van der Waals surface area (Å²) in [6.45, 7) is 4.53. The Labute approximate surface area is 156 Å². The van der Waals surface area contributed by atoms with E-state index in [2.05, 4.69) is 22.1 Å². The number of rotatable bonds is 4. The van der Waals surface area contributed by atoms with Crippen molar-refractivity contribution >= 4 is 28.8 Å². The molecule has 1 N–H and O–H groups in total. The molecule has 5 nitrogen and oxygen atoms in total. The van der Waals surface area contributed by atoms with Gasteiger partial charge in [-0.25, -0.2) is 4.98 Å². The highest BCUT2D eigenvalue weighted by atomic mass is 35.5. The Bertz CT molecular complexity index is 754. The summed E-state index contributed by atoms with van der Waals surface area (Å²) >= 11 is 7.12. The number of carbonyl (C=O) groups is 1. The third-order valence-electron chi connectivity index (χ3n) is 5.25. The third-order valence-corrected chi connectivity index (χ3v) is 6.25. The number of halogens is 1. The van der Waals surface area contributed by atoms with Crippen LogP contribution < -0.4 is 10.1 Å². The van der Waals surface area contributed by atoms with Gasteiger partial charge in [-0.3, -0.25) is 9.69 Å². The second kappa shape index (κ2) is 6.94. The van der Waals surface area contributed by atoms with E-state index >= 15 is 0 Å². The lowest BCUT2D eigenvalue weighted by Crippen LogP contribution is -2.62. The number of nitrogens with one attached hydrogen (secondary N) is 1. The number of amides is 1. The van der Waals surface area contributed by atoms with Crippen LogP contribution in [0.3, 0.4) is 0 Å². The van der Waals surface area contributed by atoms with Crippen molar-refractivity contribution in [3.63, 3.8) is 0 Å². The highest BCUT2D eigenvalue weighted by Gasteiger charge is 2.40. The molecule has 0 spiro atoms. The number of benzene rings is 1. The van der Waals surface area contributed by atoms with Crippen molar-refractivity contribution in [2.45, 2.75) is 31.8 Å². The standard InChI is InChI=1S/C18H20ClN3O2S/c1-11-16(12-6-8-22(11)9-7-12)21-17(23)13-2-4-14(5-3-13)24-18-20-10-15(19)25-18/h2-5,10-12,16H,6-9H2,1H3,(H,21,23). The lowest BCUT2D eigenvalue weighted by Gasteiger charge is -2.49. The van der Waals surface area contributed by atoms with Crippen LogP contribution in [0.25, 0.3) is 0 Å². The van der Waals surface area contributed by atoms with E-state index < -0.39 is 0 Å². The van der Waals surface area contributed by atoms with Gasteiger partial charge in [0.05, 0.1) is 6.20 Å². The predicted octanol–water partition coefficient (Wildman–Crippen LogP) is 3.80. The molecule has 4 heterocycles. The van der Waals surface area contributed by atoms with Gasteiger partial charge >= 0.3 is 0 Å². The summed E-state index contributed by atoms with van der Waals surface area (Å²) in [4.78, 5) is 19.1. The first-order valence-electron chi connectivity index (χ1n) is 8.54. The van der Waals surface area contributed by atoms with E-state index in [1.165, 1.54) is 24.2 Å². The molecule has 2 bridgehead atoms. The summed E-state index contributed by atoms with van der Waals surface area (Å²) in [5.74, 6) is 1.22. The van der Waals surface area contributed by atoms with E-state index in [4.69, 9.17) is 16.3 Å². The maximum Gasteiger partial charge on any atom is 0.280 e. The highest BCUT2D eigenvalue weighted by Crippen LogP contribution is 2.32. The minimum Gasteiger partial charge on any atom is -0.431 e. The molecule has 2 aromatic rings. The average molecular weight is 378 g/mol. The molecule has 132 valence electrons. The lowest BCUT2D eigenvalue weighted by molar-refractivity contribution is 0.0217. The summed E-state index contributed by atoms with van der Waals surface area (Å²) in [5, 5.41) is 3.73. The summed E-state index contributed by atoms with van der Waals surface area (Å²) < 4.78 is 6.21. The Morgan fingerprint density at radius 2 is 2.04 bits per heavy atom. The lowest BCUT2D eigenvalue weighted by atomic mass is 9.79. The minimum atomic E-state index is -0.0190. The third kappa shape index (κ3) is 3.52. The molecule has 3 aliphatic rings. The Balaban J connectivity index is 1.40. The van der Waals surface area contributed by atoms with Crippen LogP contribution in [0.15, 0.2) is 30.5 Å². The fourth-order valence-corrected chi connectivity index (χ4v) is 4.60. The van der Waals surface area contributed by atoms with Crippen LogP contribution in [0.2, 0.25) is 4.34 Å². The van der Waals surface area contributed by atoms with Crippen LogP contribution in [0.1, 0.15) is 30.1 Å². The summed E-state index contributed by atoms with van der Waals surface area (Å²) in [5.41, 5.74) is 0.646. The molecule has 1 aromatic heterocycles. The van der Waals surface area contributed by atoms with Crippen molar-refractivity contribution in [1.29, 1.82) is 0 Å². The quantitative estimate of drug-likeness (QED) is 0.880. The normalized spacial score (nSPS) is 27.9. The molecule has 0 aliphatic carbocycles. The molecule has 2 atom stereocenters. The maximum absolute atomic E-state index is 12.6. The fourth-order valence-electron chi connectivity index (χ4n) is 3.84. The van der Waals surface area contributed by atoms with Gasteiger partial charge in [0.15, 0.2) is 0 Å². The van der Waals surface area contributed by atoms with E-state index in [0.29, 0.717) is 32.8 Å². The molecule has 1 amide bonds. The van der Waals surface area contributed by atoms with Crippen LogP contribution in [0, 0.1) is 5.92 Å². The zero-order valence-electron chi connectivity index (χ0n) is 13.9. The smallest absolute Gasteiger partial charge is 0.280 e. The van der Waals surface area contributed by atoms with Crippen molar-refractivity contribution in [2.75, 3.05) is 13.1 Å². The highest BCUT2D eigenvalue weighted by molar-refractivity contribution is 7.17. The number of hydrogen-bond acceptors (Lipinski definition) is 5. The average Bonchev–Trinajstić information content (AvgIpc) is 3.04. The number of piperidine rings is 3. The maximum atomic E-state index is 12.6. The second-order valence-corrected chi connectivity index (χ2v) is 8.29. The zero-order valence-corrected chi connectivity index (χ0v) is 15.5. The molecule has 0 saturated carbocycles. The Morgan fingerprint density at radius 1 is 1.32 bits per heavy atom. The van der Waals surface area contributed by atoms with Gasteiger partial charge in [-0.2, -0.15) is 0 Å². The minimum absolute atomic E-state index is 0.0190. The molecule has 1 aromatic carbocycles. The van der Waals surface area contributed by atoms with E-state index in [1.54, 1.807) is 30.5 Å². The second-order valence-electron chi connectivity index (χ2n) is 6.67. The molecular formula is C18H20ClN3O2S. The van der Waals surface area contributed by atoms with Gasteiger partial charge in [0.25, 0.3) is 11.1 Å². The van der Waals surface area contributed by atoms with E-state index in [1.807, 2.05) is 0 Å². The van der Waals surface area contributed by atoms with E-state index in [-0.39, 0.29) is 11.9 Å². The largest absolute Gasteiger partial charge is 0.431 e. The molecule has 5 rings (SSSR count). The summed E-state index contributed by atoms with van der Waals surface area (Å²) in [6, 6.07) is 7.78. The molecule has 3 saturated heterocycles. The molecule has 2 unspecified atom stereocenters. The van der Waals surface area contributed by atoms with Crippen LogP contribution >= 0.6 is 22.9 Å². The van der Waals surface area contributed by atoms with Gasteiger partial charge in [-0.05, 0) is 63.0 Å². The van der Waals surface area contributed by atoms with Gasteiger partial charge in [-0.15, -0.1) is 0 Å². The van der Waals surface area contributed by atoms with Crippen LogP contribution in [0.4, 0.5) is 0 Å². The van der Waals surface area contributed by atoms with Crippen molar-refractivity contribution in [3.05, 3.63) is 40.4 Å². The molecular weight excluding hydrogens is 358 g/mol. The number of hydrogen-bond donors (Lipinski definition) is 1. The van der Waals surface area contributed by atoms with E-state index in [0.717, 1.165) is 13.1 Å². The summed E-state index contributed by atoms with van der Waals surface area (Å²) in [7, 11) is 0. The molecule has 7 heteroatoms. The number of nitrogens with zero attached hydrogens (tertiary/aromatic N) is 2. The van der Waals surface area contributed by atoms with Gasteiger partial charge < -0.3 is 10.1 Å². The molecule has 25 heavy (non-hydrogen) atoms. The molecule has 3 aliphatic heterocycles. The predicted molar refractivity (Wildman–Crippen MR) is 98.7 cm³/mol. The Hall–Kier alpha value is -1.63. The van der Waals surface area contributed by atoms with Gasteiger partial charge in [0, 0.05) is 17.6 Å². The van der Waals surface area contributed by atoms with Gasteiger partial charge in [0.1, 0.15) is 10.1 Å². The zero-order chi connectivity index (χ0) is 17.4. The SMILES string of the molecule is CC1C(NC(=O)c2ccc(Oc3ncc(Cl)s3)cc2)C2CCN1CC2. The van der Waals surface area contributed by atoms with Crippen molar-refractivity contribution in [3.8, 4) is 10.9 Å². The first-order valence-corrected chi connectivity index (χ1v) is 9.74. The number of ether oxygens (including phenoxy) is 1. The van der Waals surface area contributed by atoms with Crippen LogP contribution in [-0.4, -0.2) is 41.0 Å². The Morgan fingerprint density at radius 3 is 2.64 bits per heavy atom. The first-order chi connectivity index (χ1) is 12.1. The van der Waals surface area contributed by atoms with Gasteiger partial charge in [0.2, 0.25) is 0 Å². The van der Waals surface area contributed by atoms with Crippen molar-refractivity contribution < 1.29 is 9.53 Å². The topological polar surface area (TPSA) is 54.5 Å². The monoisotopic (exact) mass is 377 g/mol. The van der Waals surface area contributed by atoms with Crippen LogP contribution in [0.5, 0.6) is 10.9 Å². The number of fused-ring (bicyclic) bond motifs is 3. The Kier molecular flexibility index (Phi) is 4.67. The van der Waals surface area contributed by atoms with Crippen molar-refractivity contribution in [1.82, 2.24) is 15.2 Å². The van der Waals surface area contributed by atoms with Crippen LogP contribution in [-0.2, 0) is 0 Å². The molecule has 0 radical (unpaired) electrons.